The first kappa shape index (κ1) is 16.1. The molecule has 1 unspecified atom stereocenters. The molecule has 7 heteroatoms. The summed E-state index contributed by atoms with van der Waals surface area (Å²) in [7, 11) is -3.53. The van der Waals surface area contributed by atoms with Crippen molar-refractivity contribution in [3.63, 3.8) is 0 Å². The molecule has 0 saturated heterocycles. The molecule has 6 nitrogen and oxygen atoms in total. The van der Waals surface area contributed by atoms with E-state index in [0.29, 0.717) is 30.6 Å². The summed E-state index contributed by atoms with van der Waals surface area (Å²) in [5, 5.41) is 2.87. The summed E-state index contributed by atoms with van der Waals surface area (Å²) in [6.45, 7) is 2.82. The number of fused-ring (bicyclic) bond motifs is 1. The van der Waals surface area contributed by atoms with Crippen molar-refractivity contribution in [3.05, 3.63) is 18.2 Å². The monoisotopic (exact) mass is 339 g/mol. The summed E-state index contributed by atoms with van der Waals surface area (Å²) in [6, 6.07) is 4.68. The minimum Gasteiger partial charge on any atom is -0.486 e. The van der Waals surface area contributed by atoms with Gasteiger partial charge in [0.1, 0.15) is 13.2 Å². The lowest BCUT2D eigenvalue weighted by Crippen LogP contribution is -2.34. The quantitative estimate of drug-likeness (QED) is 0.850. The molecule has 1 amide bonds. The SMILES string of the molecule is CC(NC(=O)CCS(=O)(=O)c1ccc2c(c1)OCCO2)C1CC1. The summed E-state index contributed by atoms with van der Waals surface area (Å²) in [4.78, 5) is 12.0. The molecule has 1 atom stereocenters. The Morgan fingerprint density at radius 1 is 1.26 bits per heavy atom. The average Bonchev–Trinajstić information content (AvgIpc) is 3.37. The van der Waals surface area contributed by atoms with Gasteiger partial charge in [0.25, 0.3) is 0 Å². The van der Waals surface area contributed by atoms with E-state index in [0.717, 1.165) is 12.8 Å². The van der Waals surface area contributed by atoms with Gasteiger partial charge in [-0.2, -0.15) is 0 Å². The fourth-order valence-corrected chi connectivity index (χ4v) is 3.85. The summed E-state index contributed by atoms with van der Waals surface area (Å²) in [5.41, 5.74) is 0. The zero-order valence-electron chi connectivity index (χ0n) is 13.1. The van der Waals surface area contributed by atoms with Crippen LogP contribution in [0.1, 0.15) is 26.2 Å². The molecule has 1 heterocycles. The van der Waals surface area contributed by atoms with Crippen LogP contribution in [0, 0.1) is 5.92 Å². The average molecular weight is 339 g/mol. The maximum atomic E-state index is 12.4. The molecule has 0 bridgehead atoms. The van der Waals surface area contributed by atoms with Gasteiger partial charge in [0.05, 0.1) is 10.6 Å². The van der Waals surface area contributed by atoms with Crippen LogP contribution < -0.4 is 14.8 Å². The molecule has 1 aliphatic heterocycles. The smallest absolute Gasteiger partial charge is 0.221 e. The highest BCUT2D eigenvalue weighted by Gasteiger charge is 2.29. The van der Waals surface area contributed by atoms with E-state index in [4.69, 9.17) is 9.47 Å². The maximum Gasteiger partial charge on any atom is 0.221 e. The number of carbonyl (C=O) groups is 1. The molecule has 126 valence electrons. The fourth-order valence-electron chi connectivity index (χ4n) is 2.60. The molecule has 1 saturated carbocycles. The fraction of sp³-hybridized carbons (Fsp3) is 0.562. The molecule has 0 radical (unpaired) electrons. The molecular formula is C16H21NO5S. The lowest BCUT2D eigenvalue weighted by atomic mass is 10.2. The van der Waals surface area contributed by atoms with Gasteiger partial charge in [-0.05, 0) is 37.8 Å². The van der Waals surface area contributed by atoms with Crippen molar-refractivity contribution in [2.75, 3.05) is 19.0 Å². The van der Waals surface area contributed by atoms with Gasteiger partial charge in [0.15, 0.2) is 21.3 Å². The van der Waals surface area contributed by atoms with Gasteiger partial charge >= 0.3 is 0 Å². The van der Waals surface area contributed by atoms with Crippen molar-refractivity contribution in [2.24, 2.45) is 5.92 Å². The normalized spacial score (nSPS) is 18.3. The highest BCUT2D eigenvalue weighted by molar-refractivity contribution is 7.91. The van der Waals surface area contributed by atoms with E-state index < -0.39 is 9.84 Å². The molecule has 2 aliphatic rings. The van der Waals surface area contributed by atoms with E-state index in [9.17, 15) is 13.2 Å². The molecule has 0 aromatic heterocycles. The van der Waals surface area contributed by atoms with Crippen molar-refractivity contribution in [1.29, 1.82) is 0 Å². The standard InChI is InChI=1S/C16H21NO5S/c1-11(12-2-3-12)17-16(18)6-9-23(19,20)13-4-5-14-15(10-13)22-8-7-21-14/h4-5,10-12H,2-3,6-9H2,1H3,(H,17,18). The third-order valence-electron chi connectivity index (χ3n) is 4.19. The molecule has 3 rings (SSSR count). The third-order valence-corrected chi connectivity index (χ3v) is 5.90. The molecule has 1 N–H and O–H groups in total. The lowest BCUT2D eigenvalue weighted by Gasteiger charge is -2.19. The van der Waals surface area contributed by atoms with E-state index in [1.54, 1.807) is 6.07 Å². The van der Waals surface area contributed by atoms with Gasteiger partial charge in [-0.15, -0.1) is 0 Å². The molecule has 1 aromatic carbocycles. The van der Waals surface area contributed by atoms with Crippen LogP contribution in [-0.2, 0) is 14.6 Å². The number of carbonyl (C=O) groups excluding carboxylic acids is 1. The van der Waals surface area contributed by atoms with Crippen LogP contribution in [0.2, 0.25) is 0 Å². The van der Waals surface area contributed by atoms with Crippen molar-refractivity contribution < 1.29 is 22.7 Å². The van der Waals surface area contributed by atoms with Crippen molar-refractivity contribution in [3.8, 4) is 11.5 Å². The minimum atomic E-state index is -3.53. The number of hydrogen-bond donors (Lipinski definition) is 1. The van der Waals surface area contributed by atoms with Crippen LogP contribution in [0.4, 0.5) is 0 Å². The highest BCUT2D eigenvalue weighted by Crippen LogP contribution is 2.33. The topological polar surface area (TPSA) is 81.7 Å². The Kier molecular flexibility index (Phi) is 4.48. The molecule has 1 aromatic rings. The van der Waals surface area contributed by atoms with Crippen LogP contribution in [-0.4, -0.2) is 39.3 Å². The Bertz CT molecular complexity index is 696. The number of rotatable bonds is 6. The van der Waals surface area contributed by atoms with Gasteiger partial charge < -0.3 is 14.8 Å². The van der Waals surface area contributed by atoms with Gasteiger partial charge in [-0.3, -0.25) is 4.79 Å². The second-order valence-electron chi connectivity index (χ2n) is 6.07. The highest BCUT2D eigenvalue weighted by atomic mass is 32.2. The van der Waals surface area contributed by atoms with E-state index in [2.05, 4.69) is 5.32 Å². The zero-order valence-corrected chi connectivity index (χ0v) is 13.9. The van der Waals surface area contributed by atoms with E-state index in [1.807, 2.05) is 6.92 Å². The second kappa shape index (κ2) is 6.39. The molecule has 23 heavy (non-hydrogen) atoms. The van der Waals surface area contributed by atoms with Crippen LogP contribution in [0.3, 0.4) is 0 Å². The van der Waals surface area contributed by atoms with Crippen LogP contribution >= 0.6 is 0 Å². The molecule has 1 aliphatic carbocycles. The molecular weight excluding hydrogens is 318 g/mol. The predicted octanol–water partition coefficient (Wildman–Crippen LogP) is 1.54. The number of amides is 1. The van der Waals surface area contributed by atoms with Gasteiger partial charge in [0.2, 0.25) is 5.91 Å². The minimum absolute atomic E-state index is 0.0339. The first-order valence-electron chi connectivity index (χ1n) is 7.87. The van der Waals surface area contributed by atoms with Crippen molar-refractivity contribution in [2.45, 2.75) is 37.1 Å². The summed E-state index contributed by atoms with van der Waals surface area (Å²) in [5.74, 6) is 1.10. The van der Waals surface area contributed by atoms with Crippen LogP contribution in [0.25, 0.3) is 0 Å². The Labute approximate surface area is 136 Å². The first-order valence-corrected chi connectivity index (χ1v) is 9.53. The van der Waals surface area contributed by atoms with E-state index in [1.165, 1.54) is 12.1 Å². The van der Waals surface area contributed by atoms with Gasteiger partial charge in [0, 0.05) is 18.5 Å². The predicted molar refractivity (Wildman–Crippen MR) is 84.4 cm³/mol. The third kappa shape index (κ3) is 3.96. The zero-order chi connectivity index (χ0) is 16.4. The summed E-state index contributed by atoms with van der Waals surface area (Å²) >= 11 is 0. The number of ether oxygens (including phenoxy) is 2. The maximum absolute atomic E-state index is 12.4. The van der Waals surface area contributed by atoms with Crippen molar-refractivity contribution >= 4 is 15.7 Å². The van der Waals surface area contributed by atoms with Crippen molar-refractivity contribution in [1.82, 2.24) is 5.32 Å². The largest absolute Gasteiger partial charge is 0.486 e. The Balaban J connectivity index is 1.61. The van der Waals surface area contributed by atoms with Crippen LogP contribution in [0.15, 0.2) is 23.1 Å². The Morgan fingerprint density at radius 3 is 2.65 bits per heavy atom. The van der Waals surface area contributed by atoms with Gasteiger partial charge in [-0.1, -0.05) is 0 Å². The van der Waals surface area contributed by atoms with Crippen LogP contribution in [0.5, 0.6) is 11.5 Å². The second-order valence-corrected chi connectivity index (χ2v) is 8.18. The number of sulfone groups is 1. The van der Waals surface area contributed by atoms with E-state index >= 15 is 0 Å². The molecule has 0 spiro atoms. The summed E-state index contributed by atoms with van der Waals surface area (Å²) < 4.78 is 35.5. The number of hydrogen-bond acceptors (Lipinski definition) is 5. The first-order chi connectivity index (χ1) is 11.0. The number of benzene rings is 1. The summed E-state index contributed by atoms with van der Waals surface area (Å²) in [6.07, 6.45) is 2.24. The van der Waals surface area contributed by atoms with Gasteiger partial charge in [-0.25, -0.2) is 8.42 Å². The Morgan fingerprint density at radius 2 is 1.96 bits per heavy atom. The Hall–Kier alpha value is -1.76. The van der Waals surface area contributed by atoms with E-state index in [-0.39, 0.29) is 29.0 Å². The number of nitrogens with one attached hydrogen (secondary N) is 1. The lowest BCUT2D eigenvalue weighted by molar-refractivity contribution is -0.121. The molecule has 1 fully saturated rings.